The number of ether oxygens (including phenoxy) is 3. The number of methoxy groups -OCH3 is 1. The molecule has 0 fully saturated rings. The highest BCUT2D eigenvalue weighted by molar-refractivity contribution is 6.20. The fourth-order valence-electron chi connectivity index (χ4n) is 5.04. The van der Waals surface area contributed by atoms with Crippen molar-refractivity contribution < 1.29 is 28.6 Å². The first kappa shape index (κ1) is 36.3. The van der Waals surface area contributed by atoms with E-state index in [-0.39, 0.29) is 16.4 Å². The molecule has 0 spiro atoms. The van der Waals surface area contributed by atoms with Crippen LogP contribution in [0.2, 0.25) is 0 Å². The lowest BCUT2D eigenvalue weighted by Crippen LogP contribution is -2.54. The van der Waals surface area contributed by atoms with Crippen LogP contribution in [0.5, 0.6) is 5.75 Å². The molecule has 0 aliphatic rings. The lowest BCUT2D eigenvalue weighted by atomic mass is 9.76. The molecule has 2 atom stereocenters. The first-order valence-electron chi connectivity index (χ1n) is 16.1. The fourth-order valence-corrected chi connectivity index (χ4v) is 5.04. The monoisotopic (exact) mass is 630 g/mol. The molecule has 2 unspecified atom stereocenters. The normalized spacial score (nSPS) is 13.7. The number of esters is 1. The molecule has 8 nitrogen and oxygen atoms in total. The molecule has 248 valence electrons. The maximum absolute atomic E-state index is 13.9. The van der Waals surface area contributed by atoms with Crippen molar-refractivity contribution in [1.29, 1.82) is 0 Å². The molecule has 0 saturated carbocycles. The Labute approximate surface area is 274 Å². The van der Waals surface area contributed by atoms with E-state index < -0.39 is 29.7 Å². The smallest absolute Gasteiger partial charge is 0.359 e. The molecule has 0 aliphatic heterocycles. The van der Waals surface area contributed by atoms with Gasteiger partial charge >= 0.3 is 17.7 Å². The van der Waals surface area contributed by atoms with Gasteiger partial charge in [0, 0.05) is 43.0 Å². The molecule has 0 heterocycles. The van der Waals surface area contributed by atoms with Gasteiger partial charge in [0.25, 0.3) is 0 Å². The topological polar surface area (TPSA) is 103 Å². The van der Waals surface area contributed by atoms with Gasteiger partial charge in [0.05, 0.1) is 0 Å². The van der Waals surface area contributed by atoms with Crippen LogP contribution in [-0.4, -0.2) is 36.8 Å². The molecule has 3 aromatic rings. The van der Waals surface area contributed by atoms with Gasteiger partial charge in [-0.15, -0.1) is 0 Å². The van der Waals surface area contributed by atoms with Gasteiger partial charge in [-0.25, -0.2) is 0 Å². The molecule has 0 saturated heterocycles. The summed E-state index contributed by atoms with van der Waals surface area (Å²) >= 11 is 0. The number of anilines is 2. The van der Waals surface area contributed by atoms with E-state index in [2.05, 4.69) is 77.3 Å². The molecule has 0 aliphatic carbocycles. The van der Waals surface area contributed by atoms with Crippen molar-refractivity contribution >= 4 is 29.0 Å². The summed E-state index contributed by atoms with van der Waals surface area (Å²) in [5.74, 6) is -4.31. The molecule has 46 heavy (non-hydrogen) atoms. The molecule has 3 aromatic carbocycles. The summed E-state index contributed by atoms with van der Waals surface area (Å²) in [6, 6.07) is 21.7. The zero-order chi connectivity index (χ0) is 34.1. The van der Waals surface area contributed by atoms with Crippen LogP contribution in [-0.2, 0) is 29.9 Å². The predicted octanol–water partition coefficient (Wildman–Crippen LogP) is 8.41. The number of amides is 1. The molecular formula is C38H50N2O6. The highest BCUT2D eigenvalue weighted by Gasteiger charge is 2.51. The number of benzene rings is 3. The van der Waals surface area contributed by atoms with Crippen molar-refractivity contribution in [3.63, 3.8) is 0 Å². The Kier molecular flexibility index (Phi) is 12.2. The maximum atomic E-state index is 13.9. The zero-order valence-corrected chi connectivity index (χ0v) is 28.8. The SMILES string of the molecule is CCCC(Nc1cccc(C(=O)C(OC)(OC(C)=O)C(=O)Nc2ccccc2)c1)Oc1ccc(C(C)(C)CC)cc1C(C)(C)CC. The second-order valence-electron chi connectivity index (χ2n) is 12.9. The van der Waals surface area contributed by atoms with Gasteiger partial charge in [0.15, 0.2) is 6.23 Å². The van der Waals surface area contributed by atoms with Crippen LogP contribution in [0.1, 0.15) is 103 Å². The van der Waals surface area contributed by atoms with Crippen LogP contribution in [0.4, 0.5) is 11.4 Å². The Hall–Kier alpha value is -4.17. The Morgan fingerprint density at radius 2 is 1.46 bits per heavy atom. The lowest BCUT2D eigenvalue weighted by molar-refractivity contribution is -0.198. The number of hydrogen-bond acceptors (Lipinski definition) is 7. The molecule has 2 N–H and O–H groups in total. The van der Waals surface area contributed by atoms with Crippen molar-refractivity contribution in [2.24, 2.45) is 0 Å². The largest absolute Gasteiger partial charge is 0.470 e. The number of nitrogens with one attached hydrogen (secondary N) is 2. The number of carbonyl (C=O) groups is 3. The number of para-hydroxylation sites is 1. The Balaban J connectivity index is 1.95. The zero-order valence-electron chi connectivity index (χ0n) is 28.8. The third-order valence-corrected chi connectivity index (χ3v) is 8.73. The lowest BCUT2D eigenvalue weighted by Gasteiger charge is -2.32. The molecule has 0 radical (unpaired) electrons. The van der Waals surface area contributed by atoms with Gasteiger partial charge in [-0.3, -0.25) is 14.4 Å². The van der Waals surface area contributed by atoms with E-state index >= 15 is 0 Å². The minimum atomic E-state index is -2.53. The van der Waals surface area contributed by atoms with Crippen molar-refractivity contribution in [3.8, 4) is 5.75 Å². The summed E-state index contributed by atoms with van der Waals surface area (Å²) in [5.41, 5.74) is 3.48. The van der Waals surface area contributed by atoms with Gasteiger partial charge in [0.2, 0.25) is 5.78 Å². The van der Waals surface area contributed by atoms with Gasteiger partial charge in [-0.1, -0.05) is 97.4 Å². The standard InChI is InChI=1S/C38H50N2O6/c1-10-17-33(45-32-23-22-28(36(5,6)11-2)25-31(32)37(7,8)12-3)39-30-21-16-18-27(24-30)34(42)38(44-9,46-26(4)41)35(43)40-29-19-14-13-15-20-29/h13-16,18-25,33,39H,10-12,17H2,1-9H3,(H,40,43). The van der Waals surface area contributed by atoms with E-state index in [1.165, 1.54) is 5.56 Å². The Bertz CT molecular complexity index is 1500. The third kappa shape index (κ3) is 8.55. The van der Waals surface area contributed by atoms with Crippen molar-refractivity contribution in [3.05, 3.63) is 89.5 Å². The minimum Gasteiger partial charge on any atom is -0.470 e. The summed E-state index contributed by atoms with van der Waals surface area (Å²) in [5, 5.41) is 6.05. The van der Waals surface area contributed by atoms with E-state index in [9.17, 15) is 14.4 Å². The van der Waals surface area contributed by atoms with E-state index in [1.54, 1.807) is 48.5 Å². The molecule has 0 bridgehead atoms. The van der Waals surface area contributed by atoms with Gasteiger partial charge in [-0.05, 0) is 59.6 Å². The molecule has 1 amide bonds. The van der Waals surface area contributed by atoms with Gasteiger partial charge in [-0.2, -0.15) is 0 Å². The van der Waals surface area contributed by atoms with E-state index in [4.69, 9.17) is 14.2 Å². The molecule has 3 rings (SSSR count). The summed E-state index contributed by atoms with van der Waals surface area (Å²) in [6.07, 6.45) is 3.10. The molecule has 0 aromatic heterocycles. The Morgan fingerprint density at radius 3 is 2.04 bits per heavy atom. The van der Waals surface area contributed by atoms with E-state index in [1.807, 2.05) is 6.07 Å². The molecular weight excluding hydrogens is 580 g/mol. The van der Waals surface area contributed by atoms with Crippen molar-refractivity contribution in [2.45, 2.75) is 104 Å². The summed E-state index contributed by atoms with van der Waals surface area (Å²) in [4.78, 5) is 39.5. The number of carbonyl (C=O) groups excluding carboxylic acids is 3. The van der Waals surface area contributed by atoms with Crippen molar-refractivity contribution in [1.82, 2.24) is 0 Å². The first-order valence-corrected chi connectivity index (χ1v) is 16.1. The number of ketones is 1. The van der Waals surface area contributed by atoms with Gasteiger partial charge < -0.3 is 24.8 Å². The first-order chi connectivity index (χ1) is 21.7. The predicted molar refractivity (Wildman–Crippen MR) is 183 cm³/mol. The highest BCUT2D eigenvalue weighted by Crippen LogP contribution is 2.39. The molecule has 8 heteroatoms. The van der Waals surface area contributed by atoms with E-state index in [0.717, 1.165) is 44.6 Å². The van der Waals surface area contributed by atoms with E-state index in [0.29, 0.717) is 17.8 Å². The number of Topliss-reactive ketones (excluding diaryl/α,β-unsaturated/α-hetero) is 1. The van der Waals surface area contributed by atoms with Crippen LogP contribution < -0.4 is 15.4 Å². The second kappa shape index (κ2) is 15.4. The van der Waals surface area contributed by atoms with Crippen molar-refractivity contribution in [2.75, 3.05) is 17.7 Å². The fraction of sp³-hybridized carbons (Fsp3) is 0.447. The summed E-state index contributed by atoms with van der Waals surface area (Å²) < 4.78 is 17.4. The third-order valence-electron chi connectivity index (χ3n) is 8.73. The minimum absolute atomic E-state index is 0.0344. The maximum Gasteiger partial charge on any atom is 0.359 e. The number of rotatable bonds is 16. The highest BCUT2D eigenvalue weighted by atomic mass is 16.7. The van der Waals surface area contributed by atoms with Gasteiger partial charge in [0.1, 0.15) is 5.75 Å². The second-order valence-corrected chi connectivity index (χ2v) is 12.9. The average Bonchev–Trinajstić information content (AvgIpc) is 3.03. The summed E-state index contributed by atoms with van der Waals surface area (Å²) in [6.45, 7) is 16.6. The average molecular weight is 631 g/mol. The van der Waals surface area contributed by atoms with Crippen LogP contribution in [0.25, 0.3) is 0 Å². The Morgan fingerprint density at radius 1 is 0.804 bits per heavy atom. The number of hydrogen-bond donors (Lipinski definition) is 2. The van der Waals surface area contributed by atoms with Crippen LogP contribution in [0.15, 0.2) is 72.8 Å². The van der Waals surface area contributed by atoms with Crippen LogP contribution in [0.3, 0.4) is 0 Å². The quantitative estimate of drug-likeness (QED) is 0.0709. The summed E-state index contributed by atoms with van der Waals surface area (Å²) in [7, 11) is 1.15. The van der Waals surface area contributed by atoms with Crippen LogP contribution >= 0.6 is 0 Å². The van der Waals surface area contributed by atoms with Crippen LogP contribution in [0, 0.1) is 0 Å².